The quantitative estimate of drug-likeness (QED) is 0.696. The van der Waals surface area contributed by atoms with Gasteiger partial charge in [-0.15, -0.1) is 11.3 Å². The topological polar surface area (TPSA) is 76.7 Å². The van der Waals surface area contributed by atoms with Crippen LogP contribution in [0.5, 0.6) is 0 Å². The van der Waals surface area contributed by atoms with Crippen LogP contribution in [0, 0.1) is 6.92 Å². The summed E-state index contributed by atoms with van der Waals surface area (Å²) >= 11 is 1.27. The molecule has 9 heteroatoms. The molecule has 0 aromatic carbocycles. The molecule has 0 aliphatic carbocycles. The minimum Gasteiger partial charge on any atom is -0.326 e. The lowest BCUT2D eigenvalue weighted by Crippen LogP contribution is -2.49. The Hall–Kier alpha value is -1.52. The molecule has 0 bridgehead atoms. The maximum absolute atomic E-state index is 13.1. The third kappa shape index (κ3) is 5.39. The highest BCUT2D eigenvalue weighted by atomic mass is 32.2. The highest BCUT2D eigenvalue weighted by Gasteiger charge is 2.30. The number of nitrogens with zero attached hydrogens (tertiary/aromatic N) is 3. The number of aromatic amines is 1. The smallest absolute Gasteiger partial charge is 0.252 e. The Morgan fingerprint density at radius 3 is 2.43 bits per heavy atom. The van der Waals surface area contributed by atoms with Crippen molar-refractivity contribution in [3.8, 4) is 10.4 Å². The average Bonchev–Trinajstić information content (AvgIpc) is 3.17. The van der Waals surface area contributed by atoms with Crippen molar-refractivity contribution < 1.29 is 8.42 Å². The monoisotopic (exact) mass is 454 g/mol. The van der Waals surface area contributed by atoms with Crippen molar-refractivity contribution in [1.82, 2.24) is 19.1 Å². The van der Waals surface area contributed by atoms with Gasteiger partial charge in [0.2, 0.25) is 0 Å². The van der Waals surface area contributed by atoms with E-state index in [-0.39, 0.29) is 13.0 Å². The van der Waals surface area contributed by atoms with E-state index in [1.54, 1.807) is 10.4 Å². The van der Waals surface area contributed by atoms with Crippen LogP contribution in [0.4, 0.5) is 0 Å². The van der Waals surface area contributed by atoms with Gasteiger partial charge in [0, 0.05) is 61.0 Å². The second-order valence-electron chi connectivity index (χ2n) is 7.68. The third-order valence-electron chi connectivity index (χ3n) is 5.33. The van der Waals surface area contributed by atoms with Gasteiger partial charge >= 0.3 is 0 Å². The highest BCUT2D eigenvalue weighted by Crippen LogP contribution is 2.33. The van der Waals surface area contributed by atoms with Gasteiger partial charge in [-0.3, -0.25) is 9.69 Å². The summed E-state index contributed by atoms with van der Waals surface area (Å²) in [5.74, 6) is 0. The molecule has 0 saturated carbocycles. The van der Waals surface area contributed by atoms with Gasteiger partial charge in [0.25, 0.3) is 15.6 Å². The molecular weight excluding hydrogens is 420 g/mol. The molecule has 1 aliphatic heterocycles. The zero-order valence-electron chi connectivity index (χ0n) is 17.6. The number of piperazine rings is 1. The first-order valence-corrected chi connectivity index (χ1v) is 12.2. The Balaban J connectivity index is 0.00000320. The minimum atomic E-state index is -3.50. The van der Waals surface area contributed by atoms with E-state index in [1.165, 1.54) is 11.3 Å². The van der Waals surface area contributed by atoms with Gasteiger partial charge < -0.3 is 9.88 Å². The molecule has 1 aliphatic rings. The van der Waals surface area contributed by atoms with Gasteiger partial charge in [-0.2, -0.15) is 4.31 Å². The zero-order chi connectivity index (χ0) is 21.2. The molecule has 1 fully saturated rings. The maximum Gasteiger partial charge on any atom is 0.252 e. The van der Waals surface area contributed by atoms with E-state index < -0.39 is 10.0 Å². The fourth-order valence-electron chi connectivity index (χ4n) is 3.45. The first-order valence-electron chi connectivity index (χ1n) is 9.92. The summed E-state index contributed by atoms with van der Waals surface area (Å²) in [6, 6.07) is 5.40. The predicted octanol–water partition coefficient (Wildman–Crippen LogP) is 2.48. The second kappa shape index (κ2) is 10.2. The van der Waals surface area contributed by atoms with E-state index in [1.807, 2.05) is 40.1 Å². The molecule has 2 aromatic rings. The minimum absolute atomic E-state index is 0. The lowest BCUT2D eigenvalue weighted by molar-refractivity contribution is 0.175. The van der Waals surface area contributed by atoms with Gasteiger partial charge in [0.1, 0.15) is 4.21 Å². The molecule has 3 heterocycles. The molecule has 30 heavy (non-hydrogen) atoms. The van der Waals surface area contributed by atoms with Crippen LogP contribution in [0.1, 0.15) is 25.6 Å². The number of rotatable bonds is 7. The largest absolute Gasteiger partial charge is 0.326 e. The number of sulfonamides is 1. The Morgan fingerprint density at radius 1 is 1.17 bits per heavy atom. The van der Waals surface area contributed by atoms with Crippen molar-refractivity contribution in [3.05, 3.63) is 39.8 Å². The number of H-pyrrole nitrogens is 1. The molecule has 0 unspecified atom stereocenters. The molecule has 1 N–H and O–H groups in total. The Morgan fingerprint density at radius 2 is 1.83 bits per heavy atom. The van der Waals surface area contributed by atoms with E-state index in [4.69, 9.17) is 0 Å². The van der Waals surface area contributed by atoms with Crippen LogP contribution >= 0.6 is 11.3 Å². The van der Waals surface area contributed by atoms with Gasteiger partial charge in [-0.25, -0.2) is 8.42 Å². The van der Waals surface area contributed by atoms with Crippen LogP contribution in [0.2, 0.25) is 0 Å². The number of hydrogen-bond acceptors (Lipinski definition) is 6. The third-order valence-corrected chi connectivity index (χ3v) is 8.82. The Labute approximate surface area is 184 Å². The molecule has 0 radical (unpaired) electrons. The molecule has 0 atom stereocenters. The zero-order valence-corrected chi connectivity index (χ0v) is 19.2. The summed E-state index contributed by atoms with van der Waals surface area (Å²) in [5, 5.41) is 0. The lowest BCUT2D eigenvalue weighted by atomic mass is 10.1. The van der Waals surface area contributed by atoms with Crippen molar-refractivity contribution in [2.24, 2.45) is 0 Å². The average molecular weight is 455 g/mol. The first kappa shape index (κ1) is 24.7. The van der Waals surface area contributed by atoms with Crippen LogP contribution in [0.3, 0.4) is 0 Å². The number of nitrogens with one attached hydrogen (secondary N) is 1. The van der Waals surface area contributed by atoms with Gasteiger partial charge in [-0.1, -0.05) is 14.4 Å². The summed E-state index contributed by atoms with van der Waals surface area (Å²) < 4.78 is 28.2. The maximum atomic E-state index is 13.1. The van der Waals surface area contributed by atoms with Crippen LogP contribution in [-0.2, 0) is 16.4 Å². The summed E-state index contributed by atoms with van der Waals surface area (Å²) in [7, 11) is 0.591. The Kier molecular flexibility index (Phi) is 8.41. The number of pyridine rings is 1. The van der Waals surface area contributed by atoms with E-state index in [2.05, 4.69) is 14.8 Å². The predicted molar refractivity (Wildman–Crippen MR) is 125 cm³/mol. The molecule has 7 nitrogen and oxygen atoms in total. The number of aromatic nitrogens is 1. The summed E-state index contributed by atoms with van der Waals surface area (Å²) in [4.78, 5) is 20.2. The fraction of sp³-hybridized carbons (Fsp3) is 0.571. The molecule has 2 aromatic heterocycles. The number of aryl methyl sites for hydroxylation is 2. The van der Waals surface area contributed by atoms with Crippen LogP contribution in [0.15, 0.2) is 27.2 Å². The van der Waals surface area contributed by atoms with Crippen molar-refractivity contribution in [2.75, 3.05) is 53.4 Å². The van der Waals surface area contributed by atoms with Gasteiger partial charge in [0.15, 0.2) is 0 Å². The number of hydrogen-bond donors (Lipinski definition) is 1. The van der Waals surface area contributed by atoms with E-state index in [9.17, 15) is 13.2 Å². The van der Waals surface area contributed by atoms with E-state index >= 15 is 0 Å². The number of likely N-dealkylation sites (N-methyl/N-ethyl adjacent to an activating group) is 1. The molecule has 0 amide bonds. The van der Waals surface area contributed by atoms with Crippen molar-refractivity contribution in [2.45, 2.75) is 31.9 Å². The summed E-state index contributed by atoms with van der Waals surface area (Å²) in [6.07, 6.45) is 0.636. The van der Waals surface area contributed by atoms with E-state index in [0.29, 0.717) is 29.3 Å². The van der Waals surface area contributed by atoms with Crippen molar-refractivity contribution >= 4 is 21.4 Å². The Bertz CT molecular complexity index is 1000. The first-order chi connectivity index (χ1) is 13.7. The lowest BCUT2D eigenvalue weighted by Gasteiger charge is -2.34. The normalized spacial score (nSPS) is 16.0. The van der Waals surface area contributed by atoms with Gasteiger partial charge in [0.05, 0.1) is 0 Å². The molecule has 3 rings (SSSR count). The van der Waals surface area contributed by atoms with Crippen molar-refractivity contribution in [1.29, 1.82) is 0 Å². The molecule has 0 spiro atoms. The summed E-state index contributed by atoms with van der Waals surface area (Å²) in [6.45, 7) is 8.24. The van der Waals surface area contributed by atoms with E-state index in [0.717, 1.165) is 42.3 Å². The van der Waals surface area contributed by atoms with Gasteiger partial charge in [-0.05, 0) is 45.6 Å². The fourth-order valence-corrected chi connectivity index (χ4v) is 6.41. The van der Waals surface area contributed by atoms with Crippen LogP contribution < -0.4 is 5.56 Å². The molecule has 1 saturated heterocycles. The van der Waals surface area contributed by atoms with Crippen LogP contribution in [0.25, 0.3) is 10.4 Å². The van der Waals surface area contributed by atoms with Crippen molar-refractivity contribution in [3.63, 3.8) is 0 Å². The standard InChI is InChI=1S/C20H30N4O3S2.CH4/c1-5-16-14-17(15(2)21-20(16)25)18-6-7-19(28-18)29(26,27)24-12-10-23(11-13-24)9-8-22(3)4;/h6-7,14H,5,8-13H2,1-4H3,(H,21,25);1H4. The van der Waals surface area contributed by atoms with Crippen LogP contribution in [-0.4, -0.2) is 80.9 Å². The highest BCUT2D eigenvalue weighted by molar-refractivity contribution is 7.91. The SMILES string of the molecule is C.CCc1cc(-c2ccc(S(=O)(=O)N3CCN(CCN(C)C)CC3)s2)c(C)[nH]c1=O. The summed E-state index contributed by atoms with van der Waals surface area (Å²) in [5.41, 5.74) is 2.27. The number of thiophene rings is 1. The second-order valence-corrected chi connectivity index (χ2v) is 10.9. The molecular formula is C21H34N4O3S2. The molecule has 168 valence electrons.